The molecule has 0 aliphatic heterocycles. The van der Waals surface area contributed by atoms with Crippen LogP contribution >= 0.6 is 39.0 Å². The number of hydrogen-bond acceptors (Lipinski definition) is 5. The van der Waals surface area contributed by atoms with Gasteiger partial charge in [0.1, 0.15) is 10.7 Å². The Hall–Kier alpha value is -1.64. The molecule has 3 aromatic rings. The number of anilines is 1. The summed E-state index contributed by atoms with van der Waals surface area (Å²) in [6.07, 6.45) is 4.36. The number of H-pyrrole nitrogens is 1. The highest BCUT2D eigenvalue weighted by atomic mass is 79.9. The van der Waals surface area contributed by atoms with Crippen LogP contribution in [0.5, 0.6) is 0 Å². The van der Waals surface area contributed by atoms with Crippen molar-refractivity contribution in [1.82, 2.24) is 9.97 Å². The molecule has 0 unspecified atom stereocenters. The maximum atomic E-state index is 12.6. The minimum atomic E-state index is -0.0683. The molecule has 0 fully saturated rings. The van der Waals surface area contributed by atoms with Gasteiger partial charge >= 0.3 is 0 Å². The van der Waals surface area contributed by atoms with Crippen molar-refractivity contribution in [2.45, 2.75) is 38.4 Å². The number of nitrogens with zero attached hydrogens (tertiary/aromatic N) is 1. The van der Waals surface area contributed by atoms with Crippen molar-refractivity contribution in [3.63, 3.8) is 0 Å². The quantitative estimate of drug-likeness (QED) is 0.552. The second-order valence-electron chi connectivity index (χ2n) is 6.90. The number of rotatable bonds is 5. The van der Waals surface area contributed by atoms with Crippen molar-refractivity contribution in [3.05, 3.63) is 54.9 Å². The van der Waals surface area contributed by atoms with Gasteiger partial charge in [-0.2, -0.15) is 0 Å². The summed E-state index contributed by atoms with van der Waals surface area (Å²) in [6.45, 7) is 1.96. The van der Waals surface area contributed by atoms with Crippen molar-refractivity contribution < 1.29 is 4.79 Å². The number of benzene rings is 1. The van der Waals surface area contributed by atoms with Crippen LogP contribution in [0.1, 0.15) is 34.7 Å². The fraction of sp³-hybridized carbons (Fsp3) is 0.350. The van der Waals surface area contributed by atoms with Crippen molar-refractivity contribution in [3.8, 4) is 0 Å². The topological polar surface area (TPSA) is 74.8 Å². The second kappa shape index (κ2) is 8.39. The molecule has 5 nitrogen and oxygen atoms in total. The van der Waals surface area contributed by atoms with Crippen molar-refractivity contribution in [1.29, 1.82) is 0 Å². The molecule has 4 rings (SSSR count). The first-order valence-electron chi connectivity index (χ1n) is 9.18. The summed E-state index contributed by atoms with van der Waals surface area (Å²) in [5, 5.41) is 3.71. The molecular weight excluding hydrogens is 458 g/mol. The third-order valence-electron chi connectivity index (χ3n) is 4.82. The number of amides is 1. The van der Waals surface area contributed by atoms with Crippen LogP contribution in [0.2, 0.25) is 0 Å². The Morgan fingerprint density at radius 2 is 2.18 bits per heavy atom. The Kier molecular flexibility index (Phi) is 5.89. The molecule has 0 radical (unpaired) electrons. The lowest BCUT2D eigenvalue weighted by Crippen LogP contribution is -2.16. The molecule has 0 atom stereocenters. The minimum absolute atomic E-state index is 0.0470. The molecule has 0 spiro atoms. The summed E-state index contributed by atoms with van der Waals surface area (Å²) >= 11 is 6.51. The highest BCUT2D eigenvalue weighted by Gasteiger charge is 2.19. The SMILES string of the molecule is Cc1ccc(Br)cc1NC(=O)CSCc1nc2sc3c(c2c(=O)[nH]1)CCCC3. The normalized spacial score (nSPS) is 13.5. The minimum Gasteiger partial charge on any atom is -0.325 e. The lowest BCUT2D eigenvalue weighted by atomic mass is 9.97. The van der Waals surface area contributed by atoms with E-state index in [-0.39, 0.29) is 11.5 Å². The van der Waals surface area contributed by atoms with Crippen LogP contribution in [-0.2, 0) is 23.4 Å². The monoisotopic (exact) mass is 477 g/mol. The summed E-state index contributed by atoms with van der Waals surface area (Å²) < 4.78 is 0.926. The predicted octanol–water partition coefficient (Wildman–Crippen LogP) is 4.81. The third kappa shape index (κ3) is 4.18. The molecule has 2 heterocycles. The number of thiophene rings is 1. The molecule has 1 aliphatic carbocycles. The Morgan fingerprint density at radius 3 is 3.04 bits per heavy atom. The molecule has 0 bridgehead atoms. The van der Waals surface area contributed by atoms with Gasteiger partial charge in [-0.3, -0.25) is 9.59 Å². The predicted molar refractivity (Wildman–Crippen MR) is 121 cm³/mol. The summed E-state index contributed by atoms with van der Waals surface area (Å²) in [5.74, 6) is 1.36. The van der Waals surface area contributed by atoms with Gasteiger partial charge in [-0.25, -0.2) is 4.98 Å². The number of hydrogen-bond donors (Lipinski definition) is 2. The third-order valence-corrected chi connectivity index (χ3v) is 7.44. The smallest absolute Gasteiger partial charge is 0.259 e. The average Bonchev–Trinajstić information content (AvgIpc) is 3.03. The highest BCUT2D eigenvalue weighted by Crippen LogP contribution is 2.33. The number of halogens is 1. The van der Waals surface area contributed by atoms with Gasteiger partial charge in [-0.15, -0.1) is 23.1 Å². The summed E-state index contributed by atoms with van der Waals surface area (Å²) in [5.41, 5.74) is 2.97. The highest BCUT2D eigenvalue weighted by molar-refractivity contribution is 9.10. The number of carbonyl (C=O) groups is 1. The van der Waals surface area contributed by atoms with Gasteiger partial charge in [0, 0.05) is 15.0 Å². The first-order valence-corrected chi connectivity index (χ1v) is 11.9. The van der Waals surface area contributed by atoms with Gasteiger partial charge in [0.25, 0.3) is 5.56 Å². The van der Waals surface area contributed by atoms with Gasteiger partial charge in [-0.1, -0.05) is 22.0 Å². The standard InChI is InChI=1S/C20H20BrN3O2S2/c1-11-6-7-12(21)8-14(11)22-17(25)10-27-9-16-23-19(26)18-13-4-2-3-5-15(13)28-20(18)24-16/h6-8H,2-5,9-10H2,1H3,(H,22,25)(H,23,24,26). The van der Waals surface area contributed by atoms with Crippen molar-refractivity contribution in [2.24, 2.45) is 0 Å². The van der Waals surface area contributed by atoms with Gasteiger partial charge in [-0.05, 0) is 55.9 Å². The van der Waals surface area contributed by atoms with Gasteiger partial charge < -0.3 is 10.3 Å². The van der Waals surface area contributed by atoms with Crippen LogP contribution in [0.15, 0.2) is 27.5 Å². The molecule has 0 saturated carbocycles. The number of aromatic nitrogens is 2. The fourth-order valence-corrected chi connectivity index (χ4v) is 5.76. The van der Waals surface area contributed by atoms with Crippen LogP contribution in [-0.4, -0.2) is 21.6 Å². The summed E-state index contributed by atoms with van der Waals surface area (Å²) in [4.78, 5) is 34.5. The Balaban J connectivity index is 1.41. The molecule has 146 valence electrons. The van der Waals surface area contributed by atoms with Gasteiger partial charge in [0.2, 0.25) is 5.91 Å². The zero-order valence-electron chi connectivity index (χ0n) is 15.4. The van der Waals surface area contributed by atoms with Gasteiger partial charge in [0.05, 0.1) is 16.9 Å². The van der Waals surface area contributed by atoms with Crippen LogP contribution in [0, 0.1) is 6.92 Å². The molecule has 2 N–H and O–H groups in total. The number of thioether (sulfide) groups is 1. The van der Waals surface area contributed by atoms with E-state index in [9.17, 15) is 9.59 Å². The van der Waals surface area contributed by atoms with Crippen LogP contribution in [0.25, 0.3) is 10.2 Å². The van der Waals surface area contributed by atoms with E-state index in [0.717, 1.165) is 45.2 Å². The van der Waals surface area contributed by atoms with E-state index in [1.54, 1.807) is 11.3 Å². The summed E-state index contributed by atoms with van der Waals surface area (Å²) in [6, 6.07) is 5.79. The summed E-state index contributed by atoms with van der Waals surface area (Å²) in [7, 11) is 0. The van der Waals surface area contributed by atoms with E-state index in [2.05, 4.69) is 31.2 Å². The molecule has 1 aromatic carbocycles. The number of aromatic amines is 1. The van der Waals surface area contributed by atoms with E-state index in [1.807, 2.05) is 25.1 Å². The molecule has 1 amide bonds. The lowest BCUT2D eigenvalue weighted by Gasteiger charge is -2.09. The second-order valence-corrected chi connectivity index (χ2v) is 9.89. The van der Waals surface area contributed by atoms with Crippen molar-refractivity contribution in [2.75, 3.05) is 11.1 Å². The van der Waals surface area contributed by atoms with E-state index in [0.29, 0.717) is 17.3 Å². The first-order chi connectivity index (χ1) is 13.5. The van der Waals surface area contributed by atoms with E-state index >= 15 is 0 Å². The molecular formula is C20H20BrN3O2S2. The molecule has 0 saturated heterocycles. The maximum absolute atomic E-state index is 12.6. The molecule has 8 heteroatoms. The van der Waals surface area contributed by atoms with E-state index in [1.165, 1.54) is 28.6 Å². The largest absolute Gasteiger partial charge is 0.325 e. The number of aryl methyl sites for hydroxylation is 3. The lowest BCUT2D eigenvalue weighted by molar-refractivity contribution is -0.113. The van der Waals surface area contributed by atoms with E-state index in [4.69, 9.17) is 0 Å². The van der Waals surface area contributed by atoms with Crippen LogP contribution < -0.4 is 10.9 Å². The number of fused-ring (bicyclic) bond motifs is 3. The number of nitrogens with one attached hydrogen (secondary N) is 2. The Labute approximate surface area is 179 Å². The average molecular weight is 478 g/mol. The van der Waals surface area contributed by atoms with Crippen molar-refractivity contribution >= 4 is 60.8 Å². The number of carbonyl (C=O) groups excluding carboxylic acids is 1. The zero-order valence-corrected chi connectivity index (χ0v) is 18.7. The molecule has 1 aliphatic rings. The fourth-order valence-electron chi connectivity index (χ4n) is 3.43. The van der Waals surface area contributed by atoms with Gasteiger partial charge in [0.15, 0.2) is 0 Å². The van der Waals surface area contributed by atoms with E-state index < -0.39 is 0 Å². The zero-order chi connectivity index (χ0) is 19.7. The molecule has 2 aromatic heterocycles. The van der Waals surface area contributed by atoms with Crippen LogP contribution in [0.4, 0.5) is 5.69 Å². The Morgan fingerprint density at radius 1 is 1.36 bits per heavy atom. The van der Waals surface area contributed by atoms with Crippen LogP contribution in [0.3, 0.4) is 0 Å². The Bertz CT molecular complexity index is 1110. The maximum Gasteiger partial charge on any atom is 0.259 e. The first kappa shape index (κ1) is 19.7. The molecule has 28 heavy (non-hydrogen) atoms.